The summed E-state index contributed by atoms with van der Waals surface area (Å²) in [6.07, 6.45) is 2.75. The number of carbonyl (C=O) groups is 1. The van der Waals surface area contributed by atoms with Crippen LogP contribution in [-0.4, -0.2) is 54.4 Å². The molecule has 31 heavy (non-hydrogen) atoms. The van der Waals surface area contributed by atoms with Crippen LogP contribution in [0.4, 0.5) is 5.69 Å². The summed E-state index contributed by atoms with van der Waals surface area (Å²) >= 11 is 0. The van der Waals surface area contributed by atoms with Crippen LogP contribution in [-0.2, 0) is 15.0 Å². The van der Waals surface area contributed by atoms with Crippen molar-refractivity contribution in [2.75, 3.05) is 32.2 Å². The van der Waals surface area contributed by atoms with Gasteiger partial charge in [-0.2, -0.15) is 0 Å². The molecular formula is C21H23N5O5. The van der Waals surface area contributed by atoms with E-state index in [0.29, 0.717) is 30.5 Å². The molecule has 0 aliphatic carbocycles. The summed E-state index contributed by atoms with van der Waals surface area (Å²) in [7, 11) is 1.48. The molecule has 162 valence electrons. The monoisotopic (exact) mass is 425 g/mol. The number of anilines is 1. The molecule has 1 fully saturated rings. The topological polar surface area (TPSA) is 130 Å². The molecule has 10 heteroatoms. The number of amidine groups is 1. The second-order valence-electron chi connectivity index (χ2n) is 8.40. The Balaban J connectivity index is 1.53. The number of hydrogen-bond acceptors (Lipinski definition) is 9. The van der Waals surface area contributed by atoms with E-state index >= 15 is 0 Å². The number of aromatic nitrogens is 2. The Morgan fingerprint density at radius 1 is 1.19 bits per heavy atom. The number of nitrogens with two attached hydrogens (primary N) is 1. The zero-order valence-electron chi connectivity index (χ0n) is 17.5. The van der Waals surface area contributed by atoms with E-state index in [4.69, 9.17) is 29.7 Å². The van der Waals surface area contributed by atoms with E-state index in [-0.39, 0.29) is 18.3 Å². The Bertz CT molecular complexity index is 1080. The summed E-state index contributed by atoms with van der Waals surface area (Å²) < 4.78 is 22.6. The summed E-state index contributed by atoms with van der Waals surface area (Å²) in [6.45, 7) is 5.28. The van der Waals surface area contributed by atoms with Gasteiger partial charge in [-0.15, -0.1) is 0 Å². The van der Waals surface area contributed by atoms with E-state index in [1.807, 2.05) is 26.0 Å². The third-order valence-corrected chi connectivity index (χ3v) is 6.49. The number of nitrogens with one attached hydrogen (secondary N) is 1. The zero-order valence-corrected chi connectivity index (χ0v) is 17.5. The van der Waals surface area contributed by atoms with Crippen LogP contribution in [0.25, 0.3) is 0 Å². The Kier molecular flexibility index (Phi) is 4.13. The maximum Gasteiger partial charge on any atom is 0.283 e. The largest absolute Gasteiger partial charge is 0.487 e. The van der Waals surface area contributed by atoms with Crippen LogP contribution in [0.1, 0.15) is 29.9 Å². The van der Waals surface area contributed by atoms with Gasteiger partial charge in [0, 0.05) is 11.3 Å². The standard InChI is InChI=1S/C21H23N5O5/c1-19(2)20(9-29-10-20)21(11-30-18(22)26-21)13-6-12(4-5-15(13)31-19)25-17(27)14-7-24-16(28-3)8-23-14/h4-8H,9-11H2,1-3H3,(H2,22,26)(H,25,27)/t21-/m1/s1. The third kappa shape index (κ3) is 2.67. The minimum atomic E-state index is -0.771. The van der Waals surface area contributed by atoms with Gasteiger partial charge in [0.05, 0.1) is 38.1 Å². The Hall–Kier alpha value is -3.40. The molecule has 10 nitrogen and oxygen atoms in total. The molecule has 4 heterocycles. The molecule has 0 bridgehead atoms. The van der Waals surface area contributed by atoms with Crippen LogP contribution >= 0.6 is 0 Å². The lowest BCUT2D eigenvalue weighted by molar-refractivity contribution is -0.247. The normalized spacial score (nSPS) is 24.4. The number of amides is 1. The molecular weight excluding hydrogens is 402 g/mol. The van der Waals surface area contributed by atoms with E-state index in [1.54, 1.807) is 6.07 Å². The second-order valence-corrected chi connectivity index (χ2v) is 8.40. The first kappa shape index (κ1) is 19.6. The number of hydrogen-bond donors (Lipinski definition) is 2. The lowest BCUT2D eigenvalue weighted by Crippen LogP contribution is -2.71. The van der Waals surface area contributed by atoms with Crippen LogP contribution in [0.15, 0.2) is 35.6 Å². The predicted molar refractivity (Wildman–Crippen MR) is 110 cm³/mol. The number of ether oxygens (including phenoxy) is 4. The number of benzene rings is 1. The molecule has 0 radical (unpaired) electrons. The first-order valence-electron chi connectivity index (χ1n) is 9.87. The first-order chi connectivity index (χ1) is 14.8. The van der Waals surface area contributed by atoms with Crippen molar-refractivity contribution in [1.29, 1.82) is 0 Å². The average Bonchev–Trinajstić information content (AvgIpc) is 3.09. The molecule has 0 saturated carbocycles. The lowest BCUT2D eigenvalue weighted by atomic mass is 9.55. The summed E-state index contributed by atoms with van der Waals surface area (Å²) in [5, 5.41) is 2.86. The number of rotatable bonds is 3. The van der Waals surface area contributed by atoms with Gasteiger partial charge < -0.3 is 30.0 Å². The van der Waals surface area contributed by atoms with Crippen LogP contribution in [0.2, 0.25) is 0 Å². The van der Waals surface area contributed by atoms with E-state index in [1.165, 1.54) is 19.5 Å². The van der Waals surface area contributed by atoms with Gasteiger partial charge in [0.25, 0.3) is 11.9 Å². The minimum absolute atomic E-state index is 0.137. The molecule has 3 aliphatic heterocycles. The Labute approximate surface area is 178 Å². The molecule has 3 N–H and O–H groups in total. The van der Waals surface area contributed by atoms with E-state index in [9.17, 15) is 4.79 Å². The van der Waals surface area contributed by atoms with Gasteiger partial charge in [-0.05, 0) is 32.0 Å². The number of carbonyl (C=O) groups excluding carboxylic acids is 1. The lowest BCUT2D eigenvalue weighted by Gasteiger charge is -2.61. The fourth-order valence-corrected chi connectivity index (χ4v) is 4.59. The molecule has 2 aromatic rings. The highest BCUT2D eigenvalue weighted by molar-refractivity contribution is 6.02. The van der Waals surface area contributed by atoms with Crippen molar-refractivity contribution in [3.05, 3.63) is 41.9 Å². The molecule has 1 atom stereocenters. The van der Waals surface area contributed by atoms with Crippen molar-refractivity contribution in [2.45, 2.75) is 25.0 Å². The molecule has 0 unspecified atom stereocenters. The van der Waals surface area contributed by atoms with Crippen molar-refractivity contribution in [1.82, 2.24) is 9.97 Å². The van der Waals surface area contributed by atoms with E-state index < -0.39 is 22.5 Å². The van der Waals surface area contributed by atoms with Gasteiger partial charge in [-0.3, -0.25) is 4.79 Å². The minimum Gasteiger partial charge on any atom is -0.487 e. The van der Waals surface area contributed by atoms with Crippen molar-refractivity contribution in [3.63, 3.8) is 0 Å². The maximum atomic E-state index is 12.7. The molecule has 1 aromatic heterocycles. The van der Waals surface area contributed by atoms with Crippen LogP contribution in [0, 0.1) is 5.41 Å². The molecule has 3 aliphatic rings. The average molecular weight is 425 g/mol. The quantitative estimate of drug-likeness (QED) is 0.756. The van der Waals surface area contributed by atoms with Gasteiger partial charge in [0.1, 0.15) is 29.2 Å². The maximum absolute atomic E-state index is 12.7. The number of aliphatic imine (C=N–C) groups is 1. The summed E-state index contributed by atoms with van der Waals surface area (Å²) in [4.78, 5) is 25.5. The SMILES string of the molecule is COc1cnc(C(=O)Nc2ccc3c(c2)[C@]2(COC(N)=N2)C2(COC2)C(C)(C)O3)cn1. The molecule has 1 saturated heterocycles. The summed E-state index contributed by atoms with van der Waals surface area (Å²) in [6, 6.07) is 5.59. The highest BCUT2D eigenvalue weighted by atomic mass is 16.5. The summed E-state index contributed by atoms with van der Waals surface area (Å²) in [5.41, 5.74) is 5.72. The highest BCUT2D eigenvalue weighted by Gasteiger charge is 2.71. The van der Waals surface area contributed by atoms with Crippen molar-refractivity contribution in [3.8, 4) is 11.6 Å². The van der Waals surface area contributed by atoms with Gasteiger partial charge in [-0.25, -0.2) is 15.0 Å². The Morgan fingerprint density at radius 3 is 2.58 bits per heavy atom. The van der Waals surface area contributed by atoms with Gasteiger partial charge in [0.15, 0.2) is 0 Å². The second kappa shape index (κ2) is 6.55. The third-order valence-electron chi connectivity index (χ3n) is 6.49. The smallest absolute Gasteiger partial charge is 0.283 e. The fourth-order valence-electron chi connectivity index (χ4n) is 4.59. The van der Waals surface area contributed by atoms with Crippen LogP contribution in [0.3, 0.4) is 0 Å². The molecule has 2 spiro atoms. The van der Waals surface area contributed by atoms with Gasteiger partial charge in [-0.1, -0.05) is 0 Å². The van der Waals surface area contributed by atoms with Crippen molar-refractivity contribution in [2.24, 2.45) is 16.1 Å². The number of methoxy groups -OCH3 is 1. The zero-order chi connectivity index (χ0) is 21.9. The number of fused-ring (bicyclic) bond motifs is 3. The van der Waals surface area contributed by atoms with Crippen LogP contribution in [0.5, 0.6) is 11.6 Å². The van der Waals surface area contributed by atoms with Crippen molar-refractivity contribution >= 4 is 17.6 Å². The van der Waals surface area contributed by atoms with Gasteiger partial charge >= 0.3 is 0 Å². The van der Waals surface area contributed by atoms with Crippen molar-refractivity contribution < 1.29 is 23.7 Å². The fraction of sp³-hybridized carbons (Fsp3) is 0.429. The summed E-state index contributed by atoms with van der Waals surface area (Å²) in [5.74, 6) is 0.608. The molecule has 1 amide bonds. The predicted octanol–water partition coefficient (Wildman–Crippen LogP) is 1.47. The van der Waals surface area contributed by atoms with Crippen LogP contribution < -0.4 is 20.5 Å². The van der Waals surface area contributed by atoms with Gasteiger partial charge in [0.2, 0.25) is 5.88 Å². The molecule has 1 aromatic carbocycles. The van der Waals surface area contributed by atoms with E-state index in [0.717, 1.165) is 5.56 Å². The Morgan fingerprint density at radius 2 is 2.00 bits per heavy atom. The molecule has 5 rings (SSSR count). The number of nitrogens with zero attached hydrogens (tertiary/aromatic N) is 3. The highest BCUT2D eigenvalue weighted by Crippen LogP contribution is 2.62. The first-order valence-corrected chi connectivity index (χ1v) is 9.87. The van der Waals surface area contributed by atoms with E-state index in [2.05, 4.69) is 15.3 Å².